The van der Waals surface area contributed by atoms with Crippen LogP contribution in [0.25, 0.3) is 17.2 Å². The fourth-order valence-electron chi connectivity index (χ4n) is 4.56. The second kappa shape index (κ2) is 11.9. The molecule has 5 aromatic rings. The molecular weight excluding hydrogens is 520 g/mol. The first-order chi connectivity index (χ1) is 19.8. The summed E-state index contributed by atoms with van der Waals surface area (Å²) >= 11 is 0. The average Bonchev–Trinajstić information content (AvgIpc) is 3.65. The van der Waals surface area contributed by atoms with E-state index in [9.17, 15) is 0 Å². The van der Waals surface area contributed by atoms with Gasteiger partial charge in [0, 0.05) is 47.1 Å². The van der Waals surface area contributed by atoms with Gasteiger partial charge in [0.15, 0.2) is 5.65 Å². The third kappa shape index (κ3) is 6.14. The smallest absolute Gasteiger partial charge is 0.245 e. The van der Waals surface area contributed by atoms with Crippen molar-refractivity contribution in [3.8, 4) is 23.1 Å². The van der Waals surface area contributed by atoms with Gasteiger partial charge in [0.1, 0.15) is 29.8 Å². The molecule has 0 aliphatic heterocycles. The predicted octanol–water partition coefficient (Wildman–Crippen LogP) is 5.26. The number of hydrogen-bond donors (Lipinski definition) is 2. The number of rotatable bonds is 8. The van der Waals surface area contributed by atoms with Crippen LogP contribution >= 0.6 is 0 Å². The minimum atomic E-state index is -0.273. The van der Waals surface area contributed by atoms with E-state index in [4.69, 9.17) is 19.6 Å². The van der Waals surface area contributed by atoms with E-state index in [-0.39, 0.29) is 5.54 Å². The van der Waals surface area contributed by atoms with Crippen LogP contribution in [-0.2, 0) is 12.1 Å². The predicted molar refractivity (Wildman–Crippen MR) is 156 cm³/mol. The lowest BCUT2D eigenvalue weighted by atomic mass is 9.82. The summed E-state index contributed by atoms with van der Waals surface area (Å²) in [5.74, 6) is 3.12. The molecule has 1 aromatic carbocycles. The van der Waals surface area contributed by atoms with Crippen molar-refractivity contribution < 1.29 is 13.9 Å². The van der Waals surface area contributed by atoms with E-state index in [0.29, 0.717) is 35.6 Å². The van der Waals surface area contributed by atoms with Crippen LogP contribution < -0.4 is 20.5 Å². The molecule has 6 rings (SSSR count). The molecule has 0 radical (unpaired) electrons. The standard InChI is InChI=1S/C18H18N6O3.C12H18N2/c1-11-15(17-19-6-7-27-17)23-18(24-16(11)21-10-22-24)20-9-12-4-5-13(25-2)8-14(12)26-3;1-12(2,13)10-6-7-11(14-8-10)9-4-3-5-9/h4-8,10H,9H2,1-3H3,(H,20,23);6-9H,3-5,13H2,1-2H3. The minimum Gasteiger partial charge on any atom is -0.497 e. The average molecular weight is 557 g/mol. The monoisotopic (exact) mass is 556 g/mol. The van der Waals surface area contributed by atoms with Crippen LogP contribution in [0.4, 0.5) is 5.95 Å². The number of nitrogens with two attached hydrogens (primary N) is 1. The van der Waals surface area contributed by atoms with Gasteiger partial charge in [-0.05, 0) is 57.4 Å². The molecule has 214 valence electrons. The number of methoxy groups -OCH3 is 2. The summed E-state index contributed by atoms with van der Waals surface area (Å²) in [6, 6.07) is 9.90. The number of benzene rings is 1. The Morgan fingerprint density at radius 3 is 2.54 bits per heavy atom. The number of oxazole rings is 1. The quantitative estimate of drug-likeness (QED) is 0.260. The zero-order chi connectivity index (χ0) is 29.0. The molecule has 0 amide bonds. The van der Waals surface area contributed by atoms with E-state index in [1.165, 1.54) is 37.5 Å². The zero-order valence-electron chi connectivity index (χ0n) is 24.1. The Kier molecular flexibility index (Phi) is 8.16. The molecule has 0 saturated heterocycles. The van der Waals surface area contributed by atoms with Crippen LogP contribution in [0.5, 0.6) is 11.5 Å². The van der Waals surface area contributed by atoms with Crippen LogP contribution in [0.3, 0.4) is 0 Å². The highest BCUT2D eigenvalue weighted by Crippen LogP contribution is 2.35. The third-order valence-electron chi connectivity index (χ3n) is 7.28. The molecule has 1 saturated carbocycles. The van der Waals surface area contributed by atoms with Crippen molar-refractivity contribution in [1.82, 2.24) is 29.5 Å². The SMILES string of the molecule is CC(C)(N)c1ccc(C2CCC2)nc1.COc1ccc(CNc2nc(-c3ncco3)c(C)c3ncnn23)c(OC)c1. The summed E-state index contributed by atoms with van der Waals surface area (Å²) in [4.78, 5) is 17.7. The largest absolute Gasteiger partial charge is 0.497 e. The summed E-state index contributed by atoms with van der Waals surface area (Å²) in [6.07, 6.45) is 10.5. The van der Waals surface area contributed by atoms with E-state index in [1.807, 2.05) is 45.2 Å². The Balaban J connectivity index is 0.000000202. The molecule has 41 heavy (non-hydrogen) atoms. The fraction of sp³-hybridized carbons (Fsp3) is 0.367. The number of aromatic nitrogens is 6. The van der Waals surface area contributed by atoms with Crippen molar-refractivity contribution in [2.75, 3.05) is 19.5 Å². The highest BCUT2D eigenvalue weighted by Gasteiger charge is 2.22. The lowest BCUT2D eigenvalue weighted by Gasteiger charge is -2.25. The van der Waals surface area contributed by atoms with Gasteiger partial charge < -0.3 is 24.9 Å². The van der Waals surface area contributed by atoms with Gasteiger partial charge in [-0.3, -0.25) is 4.98 Å². The van der Waals surface area contributed by atoms with Crippen molar-refractivity contribution in [1.29, 1.82) is 0 Å². The molecule has 11 heteroatoms. The number of nitrogens with one attached hydrogen (secondary N) is 1. The highest BCUT2D eigenvalue weighted by molar-refractivity contribution is 5.66. The lowest BCUT2D eigenvalue weighted by molar-refractivity contribution is 0.391. The summed E-state index contributed by atoms with van der Waals surface area (Å²) in [5, 5.41) is 7.55. The van der Waals surface area contributed by atoms with E-state index < -0.39 is 0 Å². The number of anilines is 1. The fourth-order valence-corrected chi connectivity index (χ4v) is 4.56. The van der Waals surface area contributed by atoms with Crippen LogP contribution in [0.15, 0.2) is 59.7 Å². The van der Waals surface area contributed by atoms with Crippen LogP contribution in [-0.4, -0.2) is 43.8 Å². The number of hydrogen-bond acceptors (Lipinski definition) is 10. The van der Waals surface area contributed by atoms with Crippen LogP contribution in [0.2, 0.25) is 0 Å². The van der Waals surface area contributed by atoms with Gasteiger partial charge in [0.2, 0.25) is 11.8 Å². The normalized spacial score (nSPS) is 13.3. The maximum absolute atomic E-state index is 5.99. The third-order valence-corrected chi connectivity index (χ3v) is 7.28. The van der Waals surface area contributed by atoms with Gasteiger partial charge in [0.25, 0.3) is 0 Å². The Morgan fingerprint density at radius 2 is 1.93 bits per heavy atom. The number of fused-ring (bicyclic) bond motifs is 1. The summed E-state index contributed by atoms with van der Waals surface area (Å²) in [7, 11) is 3.24. The first kappa shape index (κ1) is 28.0. The Bertz CT molecular complexity index is 1590. The zero-order valence-corrected chi connectivity index (χ0v) is 24.1. The molecule has 1 aliphatic carbocycles. The second-order valence-corrected chi connectivity index (χ2v) is 10.6. The van der Waals surface area contributed by atoms with E-state index in [0.717, 1.165) is 28.2 Å². The molecule has 3 N–H and O–H groups in total. The highest BCUT2D eigenvalue weighted by atomic mass is 16.5. The molecule has 0 unspecified atom stereocenters. The van der Waals surface area contributed by atoms with Gasteiger partial charge in [-0.1, -0.05) is 12.5 Å². The van der Waals surface area contributed by atoms with Gasteiger partial charge in [-0.25, -0.2) is 15.0 Å². The molecule has 4 heterocycles. The summed E-state index contributed by atoms with van der Waals surface area (Å²) in [5.41, 5.74) is 11.2. The van der Waals surface area contributed by atoms with Crippen molar-refractivity contribution in [3.05, 3.63) is 77.7 Å². The molecule has 11 nitrogen and oxygen atoms in total. The Morgan fingerprint density at radius 1 is 1.10 bits per heavy atom. The molecule has 0 atom stereocenters. The number of aryl methyl sites for hydroxylation is 1. The lowest BCUT2D eigenvalue weighted by Crippen LogP contribution is -2.28. The van der Waals surface area contributed by atoms with E-state index in [1.54, 1.807) is 24.9 Å². The van der Waals surface area contributed by atoms with Crippen LogP contribution in [0.1, 0.15) is 61.4 Å². The Hall–Kier alpha value is -4.51. The molecule has 0 bridgehead atoms. The molecular formula is C30H36N8O3. The topological polar surface area (TPSA) is 139 Å². The van der Waals surface area contributed by atoms with E-state index >= 15 is 0 Å². The minimum absolute atomic E-state index is 0.273. The van der Waals surface area contributed by atoms with Crippen molar-refractivity contribution >= 4 is 11.6 Å². The maximum Gasteiger partial charge on any atom is 0.245 e. The summed E-state index contributed by atoms with van der Waals surface area (Å²) < 4.78 is 17.8. The van der Waals surface area contributed by atoms with Gasteiger partial charge >= 0.3 is 0 Å². The van der Waals surface area contributed by atoms with Crippen molar-refractivity contribution in [3.63, 3.8) is 0 Å². The van der Waals surface area contributed by atoms with Crippen molar-refractivity contribution in [2.45, 2.75) is 58.0 Å². The van der Waals surface area contributed by atoms with Crippen molar-refractivity contribution in [2.24, 2.45) is 5.73 Å². The van der Waals surface area contributed by atoms with Gasteiger partial charge in [-0.15, -0.1) is 0 Å². The first-order valence-electron chi connectivity index (χ1n) is 13.6. The molecule has 0 spiro atoms. The second-order valence-electron chi connectivity index (χ2n) is 10.6. The van der Waals surface area contributed by atoms with E-state index in [2.05, 4.69) is 42.5 Å². The molecule has 1 aliphatic rings. The summed E-state index contributed by atoms with van der Waals surface area (Å²) in [6.45, 7) is 6.40. The Labute approximate surface area is 239 Å². The van der Waals surface area contributed by atoms with Crippen LogP contribution in [0, 0.1) is 6.92 Å². The first-order valence-corrected chi connectivity index (χ1v) is 13.6. The van der Waals surface area contributed by atoms with Gasteiger partial charge in [-0.2, -0.15) is 9.61 Å². The number of pyridine rings is 1. The number of ether oxygens (including phenoxy) is 2. The molecule has 4 aromatic heterocycles. The maximum atomic E-state index is 5.99. The number of nitrogens with zero attached hydrogens (tertiary/aromatic N) is 6. The molecule has 1 fully saturated rings. The van der Waals surface area contributed by atoms with Gasteiger partial charge in [0.05, 0.1) is 20.4 Å².